The minimum atomic E-state index is -4.36. The predicted molar refractivity (Wildman–Crippen MR) is 235 cm³/mol. The number of carbonyl (C=O) groups excluding carboxylic acids is 3. The number of azo groups is 2. The second-order valence-corrected chi connectivity index (χ2v) is 16.9. The van der Waals surface area contributed by atoms with Gasteiger partial charge in [-0.15, -0.1) is 21.7 Å². The van der Waals surface area contributed by atoms with Gasteiger partial charge in [-0.25, -0.2) is 16.8 Å². The van der Waals surface area contributed by atoms with Crippen molar-refractivity contribution in [2.24, 2.45) is 20.5 Å². The third-order valence-electron chi connectivity index (χ3n) is 8.57. The minimum Gasteiger partial charge on any atom is -0.874 e. The second-order valence-electron chi connectivity index (χ2n) is 13.5. The summed E-state index contributed by atoms with van der Waals surface area (Å²) >= 11 is 0. The van der Waals surface area contributed by atoms with Crippen molar-refractivity contribution in [3.8, 4) is 11.5 Å². The van der Waals surface area contributed by atoms with Crippen LogP contribution in [0, 0.1) is 0 Å². The van der Waals surface area contributed by atoms with E-state index in [2.05, 4.69) is 40.5 Å². The number of hydrogen-bond acceptors (Lipinski definition) is 16. The molecule has 0 aliphatic rings. The van der Waals surface area contributed by atoms with E-state index >= 15 is 0 Å². The molecule has 6 aromatic carbocycles. The van der Waals surface area contributed by atoms with Crippen LogP contribution >= 0.6 is 0 Å². The summed E-state index contributed by atoms with van der Waals surface area (Å²) in [6.07, 6.45) is 0. The molecule has 25 heteroatoms. The van der Waals surface area contributed by atoms with Crippen molar-refractivity contribution < 1.29 is 133 Å². The van der Waals surface area contributed by atoms with Gasteiger partial charge in [-0.3, -0.25) is 19.0 Å². The molecule has 0 saturated heterocycles. The van der Waals surface area contributed by atoms with Gasteiger partial charge in [0.15, 0.2) is 0 Å². The van der Waals surface area contributed by atoms with Crippen molar-refractivity contribution in [3.63, 3.8) is 0 Å². The maximum Gasteiger partial charge on any atom is 3.00 e. The molecule has 6 aromatic rings. The number of hydrogen-bond donors (Lipinski definition) is 4. The molecule has 0 radical (unpaired) electrons. The van der Waals surface area contributed by atoms with Gasteiger partial charge >= 0.3 is 75.9 Å². The van der Waals surface area contributed by atoms with Crippen LogP contribution in [0.2, 0.25) is 0 Å². The van der Waals surface area contributed by atoms with Gasteiger partial charge in [-0.2, -0.15) is 10.2 Å². The summed E-state index contributed by atoms with van der Waals surface area (Å²) in [7, 11) is -8.36. The first kappa shape index (κ1) is 59.7. The molecule has 20 nitrogen and oxygen atoms in total. The first-order chi connectivity index (χ1) is 31.8. The molecule has 350 valence electrons. The van der Waals surface area contributed by atoms with Gasteiger partial charge in [0.25, 0.3) is 31.9 Å². The maximum atomic E-state index is 12.8. The molecule has 6 rings (SSSR count). The predicted octanol–water partition coefficient (Wildman–Crippen LogP) is -1.88. The van der Waals surface area contributed by atoms with Gasteiger partial charge in [-0.05, 0) is 66.7 Å². The molecule has 0 aliphatic carbocycles. The Morgan fingerprint density at radius 2 is 0.843 bits per heavy atom. The number of amides is 2. The number of rotatable bonds is 15. The van der Waals surface area contributed by atoms with Gasteiger partial charge in [0.05, 0.1) is 32.8 Å². The third-order valence-corrected chi connectivity index (χ3v) is 11.3. The fourth-order valence-corrected chi connectivity index (χ4v) is 7.52. The zero-order valence-electron chi connectivity index (χ0n) is 37.3. The summed E-state index contributed by atoms with van der Waals surface area (Å²) in [5.41, 5.74) is -1.41. The SMILES string of the molecule is C/C([O-])=C(/N=Nc1cc(S(=O)(=O)Nc2ccccc2)ccc1[O-])C(=O)Nc1ccccc1.C/C([O-])=C(/N=Nc1cc(S(=O)(=O)Nc2ccccc2C(=O)[O-])ccc1[O-])C(=O)Nc1ccccc1.[Co+3].[Na+].[Na+]. The van der Waals surface area contributed by atoms with E-state index in [4.69, 9.17) is 0 Å². The quantitative estimate of drug-likeness (QED) is 0.0380. The Labute approximate surface area is 456 Å². The Hall–Kier alpha value is -6.38. The van der Waals surface area contributed by atoms with E-state index in [9.17, 15) is 56.8 Å². The van der Waals surface area contributed by atoms with E-state index in [1.54, 1.807) is 91.0 Å². The van der Waals surface area contributed by atoms with Gasteiger partial charge in [-0.1, -0.05) is 110 Å². The third kappa shape index (κ3) is 17.2. The number of carbonyl (C=O) groups is 3. The van der Waals surface area contributed by atoms with Crippen LogP contribution < -0.4 is 105 Å². The maximum absolute atomic E-state index is 12.8. The minimum absolute atomic E-state index is 0. The molecule has 2 amide bonds. The summed E-state index contributed by atoms with van der Waals surface area (Å²) in [6, 6.07) is 36.0. The molecule has 0 saturated carbocycles. The number of para-hydroxylation sites is 4. The van der Waals surface area contributed by atoms with E-state index < -0.39 is 82.8 Å². The Morgan fingerprint density at radius 1 is 0.486 bits per heavy atom. The molecule has 0 bridgehead atoms. The number of carboxylic acids is 1. The van der Waals surface area contributed by atoms with Gasteiger partial charge in [0.1, 0.15) is 11.4 Å². The number of nitrogens with zero attached hydrogens (tertiary/aromatic N) is 4. The molecular formula is C45H35CoN8Na2O12S2. The Balaban J connectivity index is 0.000000462. The molecule has 0 atom stereocenters. The van der Waals surface area contributed by atoms with Crippen molar-refractivity contribution in [3.05, 3.63) is 180 Å². The average molecular weight is 1050 g/mol. The smallest absolute Gasteiger partial charge is 0.874 e. The van der Waals surface area contributed by atoms with E-state index in [-0.39, 0.29) is 97.7 Å². The van der Waals surface area contributed by atoms with E-state index in [0.717, 1.165) is 56.3 Å². The summed E-state index contributed by atoms with van der Waals surface area (Å²) in [4.78, 5) is 35.4. The summed E-state index contributed by atoms with van der Waals surface area (Å²) in [5.74, 6) is -6.04. The number of carboxylic acid groups (broad SMARTS) is 1. The average Bonchev–Trinajstić information content (AvgIpc) is 3.28. The normalized spacial score (nSPS) is 11.7. The number of anilines is 4. The first-order valence-corrected chi connectivity index (χ1v) is 22.2. The van der Waals surface area contributed by atoms with Crippen molar-refractivity contribution >= 4 is 72.0 Å². The monoisotopic (exact) mass is 1050 g/mol. The largest absolute Gasteiger partial charge is 3.00 e. The molecule has 0 fully saturated rings. The molecule has 4 N–H and O–H groups in total. The van der Waals surface area contributed by atoms with Crippen LogP contribution in [0.1, 0.15) is 24.2 Å². The van der Waals surface area contributed by atoms with Crippen LogP contribution in [0.15, 0.2) is 205 Å². The van der Waals surface area contributed by atoms with Crippen LogP contribution in [0.4, 0.5) is 34.1 Å². The molecule has 0 heterocycles. The molecule has 0 spiro atoms. The summed E-state index contributed by atoms with van der Waals surface area (Å²) in [5, 5.41) is 78.8. The van der Waals surface area contributed by atoms with E-state index in [1.807, 2.05) is 0 Å². The van der Waals surface area contributed by atoms with E-state index in [0.29, 0.717) is 17.1 Å². The van der Waals surface area contributed by atoms with Crippen LogP contribution in [0.5, 0.6) is 11.5 Å². The zero-order valence-corrected chi connectivity index (χ0v) is 43.9. The molecule has 0 unspecified atom stereocenters. The van der Waals surface area contributed by atoms with Crippen LogP contribution in [0.25, 0.3) is 0 Å². The number of allylic oxidation sites excluding steroid dienone is 2. The number of nitrogens with one attached hydrogen (secondary N) is 4. The Bertz CT molecular complexity index is 3140. The van der Waals surface area contributed by atoms with Crippen LogP contribution in [-0.4, -0.2) is 34.6 Å². The fourth-order valence-electron chi connectivity index (χ4n) is 5.34. The number of sulfonamides is 2. The van der Waals surface area contributed by atoms with Crippen molar-refractivity contribution in [2.45, 2.75) is 23.6 Å². The van der Waals surface area contributed by atoms with Gasteiger partial charge < -0.3 is 41.0 Å². The van der Waals surface area contributed by atoms with Gasteiger partial charge in [0, 0.05) is 22.6 Å². The van der Waals surface area contributed by atoms with Crippen molar-refractivity contribution in [1.82, 2.24) is 0 Å². The number of benzene rings is 6. The number of aromatic carboxylic acids is 1. The summed E-state index contributed by atoms with van der Waals surface area (Å²) < 4.78 is 55.3. The molecule has 0 aromatic heterocycles. The zero-order chi connectivity index (χ0) is 48.7. The fraction of sp³-hybridized carbons (Fsp3) is 0.0444. The summed E-state index contributed by atoms with van der Waals surface area (Å²) in [6.45, 7) is 2.21. The first-order valence-electron chi connectivity index (χ1n) is 19.2. The van der Waals surface area contributed by atoms with Gasteiger partial charge in [0.2, 0.25) is 0 Å². The van der Waals surface area contributed by atoms with Crippen LogP contribution in [0.3, 0.4) is 0 Å². The van der Waals surface area contributed by atoms with Crippen molar-refractivity contribution in [1.29, 1.82) is 0 Å². The second kappa shape index (κ2) is 27.7. The topological polar surface area (TPSA) is 332 Å². The van der Waals surface area contributed by atoms with Crippen LogP contribution in [-0.2, 0) is 46.4 Å². The Kier molecular flexibility index (Phi) is 23.7. The standard InChI is InChI=1S/C23H20N4O7S.C22H20N4O5S.Co.2Na/c1-14(28)21(22(30)24-15-7-3-2-4-8-15)26-25-19-13-16(11-12-20(19)29)35(33,34)27-18-10-6-5-9-17(18)23(31)32;1-15(27)21(22(29)23-16-8-4-2-5-9-16)25-24-19-14-18(12-13-20(19)28)32(30,31)26-17-10-6-3-7-11-17;;;/h2-13,27-29H,1H3,(H,24,30)(H,31,32);2-14,26-28H,1H3,(H,23,29);;;/q;;+3;2*+1/p-5/b21-14-,26-25?;21-15-,25-24?;;;. The van der Waals surface area contributed by atoms with E-state index in [1.165, 1.54) is 18.2 Å². The Morgan fingerprint density at radius 3 is 1.23 bits per heavy atom. The molecular weight excluding hydrogens is 1010 g/mol. The van der Waals surface area contributed by atoms with Crippen molar-refractivity contribution in [2.75, 3.05) is 20.1 Å². The molecule has 70 heavy (non-hydrogen) atoms. The molecule has 0 aliphatic heterocycles.